The van der Waals surface area contributed by atoms with Crippen LogP contribution < -0.4 is 5.56 Å². The van der Waals surface area contributed by atoms with Crippen molar-refractivity contribution in [3.05, 3.63) is 33.2 Å². The standard InChI is InChI=1S/C10H10ClF2NO3/c1-2-17-10(16)7-5(4-11)3-6(15)14-8(7)9(12)13/h3,9H,2,4H2,1H3,(H,14,15). The van der Waals surface area contributed by atoms with Gasteiger partial charge in [0.1, 0.15) is 0 Å². The molecule has 0 unspecified atom stereocenters. The van der Waals surface area contributed by atoms with Crippen molar-refractivity contribution in [3.63, 3.8) is 0 Å². The molecule has 7 heteroatoms. The van der Waals surface area contributed by atoms with Crippen molar-refractivity contribution < 1.29 is 18.3 Å². The molecule has 94 valence electrons. The van der Waals surface area contributed by atoms with Gasteiger partial charge in [-0.15, -0.1) is 11.6 Å². The minimum absolute atomic E-state index is 0.0316. The van der Waals surface area contributed by atoms with Crippen molar-refractivity contribution >= 4 is 17.6 Å². The first-order valence-electron chi connectivity index (χ1n) is 4.78. The zero-order chi connectivity index (χ0) is 13.0. The van der Waals surface area contributed by atoms with Crippen LogP contribution in [-0.2, 0) is 10.6 Å². The zero-order valence-electron chi connectivity index (χ0n) is 8.93. The summed E-state index contributed by atoms with van der Waals surface area (Å²) in [5.74, 6) is -1.15. The first-order valence-corrected chi connectivity index (χ1v) is 5.32. The molecule has 1 aromatic rings. The number of esters is 1. The molecule has 0 atom stereocenters. The summed E-state index contributed by atoms with van der Waals surface area (Å²) in [6.45, 7) is 1.59. The molecule has 4 nitrogen and oxygen atoms in total. The highest BCUT2D eigenvalue weighted by Crippen LogP contribution is 2.23. The van der Waals surface area contributed by atoms with Gasteiger partial charge in [-0.3, -0.25) is 4.79 Å². The molecule has 1 rings (SSSR count). The molecule has 1 N–H and O–H groups in total. The predicted octanol–water partition coefficient (Wildman–Crippen LogP) is 2.23. The van der Waals surface area contributed by atoms with E-state index in [2.05, 4.69) is 4.74 Å². The van der Waals surface area contributed by atoms with Crippen LogP contribution in [0.25, 0.3) is 0 Å². The lowest BCUT2D eigenvalue weighted by atomic mass is 10.1. The Morgan fingerprint density at radius 1 is 1.59 bits per heavy atom. The van der Waals surface area contributed by atoms with E-state index in [0.29, 0.717) is 0 Å². The van der Waals surface area contributed by atoms with E-state index >= 15 is 0 Å². The number of hydrogen-bond donors (Lipinski definition) is 1. The molecule has 0 aromatic carbocycles. The van der Waals surface area contributed by atoms with E-state index in [1.807, 2.05) is 4.98 Å². The van der Waals surface area contributed by atoms with Crippen molar-refractivity contribution in [2.24, 2.45) is 0 Å². The fraction of sp³-hybridized carbons (Fsp3) is 0.400. The van der Waals surface area contributed by atoms with Crippen LogP contribution in [0.5, 0.6) is 0 Å². The molecule has 0 radical (unpaired) electrons. The van der Waals surface area contributed by atoms with Gasteiger partial charge in [0, 0.05) is 11.9 Å². The van der Waals surface area contributed by atoms with Crippen molar-refractivity contribution in [1.82, 2.24) is 4.98 Å². The number of pyridine rings is 1. The van der Waals surface area contributed by atoms with E-state index in [1.54, 1.807) is 6.92 Å². The highest BCUT2D eigenvalue weighted by Gasteiger charge is 2.24. The van der Waals surface area contributed by atoms with Gasteiger partial charge < -0.3 is 9.72 Å². The van der Waals surface area contributed by atoms with E-state index in [-0.39, 0.29) is 23.6 Å². The maximum atomic E-state index is 12.7. The largest absolute Gasteiger partial charge is 0.462 e. The molecular weight excluding hydrogens is 256 g/mol. The molecule has 0 aliphatic heterocycles. The SMILES string of the molecule is CCOC(=O)c1c(CCl)cc(=O)[nH]c1C(F)F. The minimum Gasteiger partial charge on any atom is -0.462 e. The molecule has 1 heterocycles. The Bertz CT molecular complexity index is 473. The van der Waals surface area contributed by atoms with Gasteiger partial charge in [0.05, 0.1) is 17.9 Å². The Morgan fingerprint density at radius 3 is 2.71 bits per heavy atom. The average molecular weight is 266 g/mol. The van der Waals surface area contributed by atoms with Crippen LogP contribution in [0.1, 0.15) is 35.0 Å². The lowest BCUT2D eigenvalue weighted by molar-refractivity contribution is 0.0512. The number of ether oxygens (including phenoxy) is 1. The molecule has 0 aliphatic rings. The number of H-pyrrole nitrogens is 1. The molecule has 0 aliphatic carbocycles. The molecule has 0 saturated carbocycles. The number of alkyl halides is 3. The summed E-state index contributed by atoms with van der Waals surface area (Å²) >= 11 is 5.52. The summed E-state index contributed by atoms with van der Waals surface area (Å²) in [5, 5.41) is 0. The summed E-state index contributed by atoms with van der Waals surface area (Å²) in [7, 11) is 0. The van der Waals surface area contributed by atoms with Crippen LogP contribution in [0, 0.1) is 0 Å². The monoisotopic (exact) mass is 265 g/mol. The van der Waals surface area contributed by atoms with Gasteiger partial charge in [-0.05, 0) is 12.5 Å². The average Bonchev–Trinajstić information content (AvgIpc) is 2.27. The molecule has 1 aromatic heterocycles. The fourth-order valence-electron chi connectivity index (χ4n) is 1.35. The van der Waals surface area contributed by atoms with E-state index in [9.17, 15) is 18.4 Å². The van der Waals surface area contributed by atoms with Gasteiger partial charge in [0.15, 0.2) is 0 Å². The number of carbonyl (C=O) groups is 1. The second-order valence-corrected chi connectivity index (χ2v) is 3.37. The Kier molecular flexibility index (Phi) is 4.62. The number of rotatable bonds is 4. The summed E-state index contributed by atoms with van der Waals surface area (Å²) in [6.07, 6.45) is -2.98. The number of nitrogens with one attached hydrogen (secondary N) is 1. The van der Waals surface area contributed by atoms with Crippen molar-refractivity contribution in [3.8, 4) is 0 Å². The van der Waals surface area contributed by atoms with E-state index in [1.165, 1.54) is 0 Å². The fourth-order valence-corrected chi connectivity index (χ4v) is 1.56. The first-order chi connectivity index (χ1) is 8.01. The maximum Gasteiger partial charge on any atom is 0.340 e. The second-order valence-electron chi connectivity index (χ2n) is 3.10. The second kappa shape index (κ2) is 5.77. The number of hydrogen-bond acceptors (Lipinski definition) is 3. The lowest BCUT2D eigenvalue weighted by Gasteiger charge is -2.11. The molecule has 0 amide bonds. The number of aromatic nitrogens is 1. The molecular formula is C10H10ClF2NO3. The van der Waals surface area contributed by atoms with Crippen LogP contribution in [0.15, 0.2) is 10.9 Å². The lowest BCUT2D eigenvalue weighted by Crippen LogP contribution is -2.19. The number of carbonyl (C=O) groups excluding carboxylic acids is 1. The molecule has 0 spiro atoms. The predicted molar refractivity (Wildman–Crippen MR) is 57.5 cm³/mol. The highest BCUT2D eigenvalue weighted by atomic mass is 35.5. The Balaban J connectivity index is 3.41. The third-order valence-electron chi connectivity index (χ3n) is 2.00. The van der Waals surface area contributed by atoms with Crippen molar-refractivity contribution in [1.29, 1.82) is 0 Å². The molecule has 0 saturated heterocycles. The van der Waals surface area contributed by atoms with Crippen molar-refractivity contribution in [2.75, 3.05) is 6.61 Å². The van der Waals surface area contributed by atoms with Crippen LogP contribution >= 0.6 is 11.6 Å². The summed E-state index contributed by atoms with van der Waals surface area (Å²) < 4.78 is 30.1. The maximum absolute atomic E-state index is 12.7. The topological polar surface area (TPSA) is 59.2 Å². The van der Waals surface area contributed by atoms with Crippen LogP contribution in [0.2, 0.25) is 0 Å². The first kappa shape index (κ1) is 13.6. The van der Waals surface area contributed by atoms with Crippen LogP contribution in [0.4, 0.5) is 8.78 Å². The third kappa shape index (κ3) is 3.03. The Hall–Kier alpha value is -1.43. The molecule has 0 fully saturated rings. The quantitative estimate of drug-likeness (QED) is 0.671. The van der Waals surface area contributed by atoms with Gasteiger partial charge in [-0.2, -0.15) is 0 Å². The van der Waals surface area contributed by atoms with Crippen LogP contribution in [-0.4, -0.2) is 17.6 Å². The summed E-state index contributed by atoms with van der Waals surface area (Å²) in [6, 6.07) is 1.01. The Morgan fingerprint density at radius 2 is 2.24 bits per heavy atom. The molecule has 17 heavy (non-hydrogen) atoms. The van der Waals surface area contributed by atoms with Gasteiger partial charge in [-0.25, -0.2) is 13.6 Å². The highest BCUT2D eigenvalue weighted by molar-refractivity contribution is 6.17. The van der Waals surface area contributed by atoms with E-state index < -0.39 is 23.6 Å². The molecule has 0 bridgehead atoms. The smallest absolute Gasteiger partial charge is 0.340 e. The normalized spacial score (nSPS) is 10.6. The summed E-state index contributed by atoms with van der Waals surface area (Å²) in [5.41, 5.74) is -1.82. The van der Waals surface area contributed by atoms with Gasteiger partial charge in [0.25, 0.3) is 6.43 Å². The van der Waals surface area contributed by atoms with E-state index in [4.69, 9.17) is 11.6 Å². The third-order valence-corrected chi connectivity index (χ3v) is 2.28. The Labute approximate surface area is 101 Å². The number of halogens is 3. The van der Waals surface area contributed by atoms with Crippen molar-refractivity contribution in [2.45, 2.75) is 19.2 Å². The summed E-state index contributed by atoms with van der Waals surface area (Å²) in [4.78, 5) is 24.6. The van der Waals surface area contributed by atoms with E-state index in [0.717, 1.165) is 6.07 Å². The van der Waals surface area contributed by atoms with Gasteiger partial charge >= 0.3 is 5.97 Å². The van der Waals surface area contributed by atoms with Crippen LogP contribution in [0.3, 0.4) is 0 Å². The van der Waals surface area contributed by atoms with Gasteiger partial charge in [-0.1, -0.05) is 0 Å². The van der Waals surface area contributed by atoms with Gasteiger partial charge in [0.2, 0.25) is 5.56 Å². The zero-order valence-corrected chi connectivity index (χ0v) is 9.68. The number of aromatic amines is 1. The minimum atomic E-state index is -2.98.